The van der Waals surface area contributed by atoms with Crippen molar-refractivity contribution in [2.45, 2.75) is 44.6 Å². The SMILES string of the molecule is Cn1cc(CN)c(-c2ccc(C3CCCCC3)cc2)n1. The normalized spacial score (nSPS) is 16.5. The molecular weight excluding hydrogens is 246 g/mol. The van der Waals surface area contributed by atoms with E-state index in [2.05, 4.69) is 29.4 Å². The maximum atomic E-state index is 5.79. The van der Waals surface area contributed by atoms with Crippen molar-refractivity contribution in [1.82, 2.24) is 9.78 Å². The number of nitrogens with zero attached hydrogens (tertiary/aromatic N) is 2. The summed E-state index contributed by atoms with van der Waals surface area (Å²) in [6, 6.07) is 8.96. The smallest absolute Gasteiger partial charge is 0.0967 e. The Labute approximate surface area is 120 Å². The minimum Gasteiger partial charge on any atom is -0.326 e. The first-order chi connectivity index (χ1) is 9.78. The number of rotatable bonds is 3. The largest absolute Gasteiger partial charge is 0.326 e. The minimum atomic E-state index is 0.535. The van der Waals surface area contributed by atoms with Gasteiger partial charge in [-0.1, -0.05) is 43.5 Å². The van der Waals surface area contributed by atoms with Crippen LogP contribution >= 0.6 is 0 Å². The lowest BCUT2D eigenvalue weighted by atomic mass is 9.84. The van der Waals surface area contributed by atoms with Crippen molar-refractivity contribution in [3.63, 3.8) is 0 Å². The number of hydrogen-bond donors (Lipinski definition) is 1. The molecule has 0 spiro atoms. The molecule has 1 aromatic heterocycles. The molecule has 1 aliphatic rings. The number of hydrogen-bond acceptors (Lipinski definition) is 2. The van der Waals surface area contributed by atoms with Gasteiger partial charge < -0.3 is 5.73 Å². The van der Waals surface area contributed by atoms with E-state index in [0.717, 1.165) is 17.2 Å². The lowest BCUT2D eigenvalue weighted by Gasteiger charge is -2.22. The van der Waals surface area contributed by atoms with E-state index in [4.69, 9.17) is 5.73 Å². The number of benzene rings is 1. The molecule has 0 radical (unpaired) electrons. The van der Waals surface area contributed by atoms with Crippen LogP contribution in [0.25, 0.3) is 11.3 Å². The van der Waals surface area contributed by atoms with Crippen molar-refractivity contribution < 1.29 is 0 Å². The third-order valence-electron chi connectivity index (χ3n) is 4.39. The standard InChI is InChI=1S/C17H23N3/c1-20-12-16(11-18)17(19-20)15-9-7-14(8-10-15)13-5-3-2-4-6-13/h7-10,12-13H,2-6,11,18H2,1H3. The van der Waals surface area contributed by atoms with Gasteiger partial charge in [-0.3, -0.25) is 4.68 Å². The average molecular weight is 269 g/mol. The van der Waals surface area contributed by atoms with E-state index in [9.17, 15) is 0 Å². The van der Waals surface area contributed by atoms with Crippen LogP contribution in [0, 0.1) is 0 Å². The molecular formula is C17H23N3. The quantitative estimate of drug-likeness (QED) is 0.925. The molecule has 0 saturated heterocycles. The van der Waals surface area contributed by atoms with Crippen LogP contribution in [0.4, 0.5) is 0 Å². The Morgan fingerprint density at radius 2 is 1.85 bits per heavy atom. The van der Waals surface area contributed by atoms with Crippen LogP contribution < -0.4 is 5.73 Å². The van der Waals surface area contributed by atoms with Crippen molar-refractivity contribution >= 4 is 0 Å². The fourth-order valence-corrected chi connectivity index (χ4v) is 3.28. The van der Waals surface area contributed by atoms with E-state index in [1.54, 1.807) is 0 Å². The Morgan fingerprint density at radius 3 is 2.50 bits per heavy atom. The first-order valence-corrected chi connectivity index (χ1v) is 7.61. The second-order valence-electron chi connectivity index (χ2n) is 5.84. The summed E-state index contributed by atoms with van der Waals surface area (Å²) in [7, 11) is 1.94. The van der Waals surface area contributed by atoms with Gasteiger partial charge in [-0.25, -0.2) is 0 Å². The van der Waals surface area contributed by atoms with Gasteiger partial charge in [0, 0.05) is 30.9 Å². The molecule has 0 amide bonds. The third kappa shape index (κ3) is 2.63. The van der Waals surface area contributed by atoms with Crippen molar-refractivity contribution in [3.05, 3.63) is 41.6 Å². The van der Waals surface area contributed by atoms with E-state index in [0.29, 0.717) is 6.54 Å². The Morgan fingerprint density at radius 1 is 1.15 bits per heavy atom. The Kier molecular flexibility index (Phi) is 3.88. The molecule has 1 saturated carbocycles. The average Bonchev–Trinajstić information content (AvgIpc) is 2.89. The van der Waals surface area contributed by atoms with Crippen LogP contribution in [0.2, 0.25) is 0 Å². The summed E-state index contributed by atoms with van der Waals surface area (Å²) >= 11 is 0. The molecule has 20 heavy (non-hydrogen) atoms. The van der Waals surface area contributed by atoms with Gasteiger partial charge >= 0.3 is 0 Å². The lowest BCUT2D eigenvalue weighted by Crippen LogP contribution is -2.04. The van der Waals surface area contributed by atoms with E-state index < -0.39 is 0 Å². The second kappa shape index (κ2) is 5.80. The molecule has 0 atom stereocenters. The van der Waals surface area contributed by atoms with Gasteiger partial charge in [0.25, 0.3) is 0 Å². The molecule has 1 aliphatic carbocycles. The van der Waals surface area contributed by atoms with Crippen molar-refractivity contribution in [1.29, 1.82) is 0 Å². The molecule has 3 nitrogen and oxygen atoms in total. The van der Waals surface area contributed by atoms with Gasteiger partial charge in [0.05, 0.1) is 5.69 Å². The molecule has 3 heteroatoms. The van der Waals surface area contributed by atoms with Crippen LogP contribution in [0.5, 0.6) is 0 Å². The summed E-state index contributed by atoms with van der Waals surface area (Å²) in [4.78, 5) is 0. The van der Waals surface area contributed by atoms with Crippen molar-refractivity contribution in [3.8, 4) is 11.3 Å². The molecule has 0 unspecified atom stereocenters. The predicted octanol–water partition coefficient (Wildman–Crippen LogP) is 3.59. The fourth-order valence-electron chi connectivity index (χ4n) is 3.28. The Bertz CT molecular complexity index is 562. The molecule has 2 N–H and O–H groups in total. The maximum absolute atomic E-state index is 5.79. The zero-order valence-corrected chi connectivity index (χ0v) is 12.2. The maximum Gasteiger partial charge on any atom is 0.0967 e. The fraction of sp³-hybridized carbons (Fsp3) is 0.471. The number of nitrogens with two attached hydrogens (primary N) is 1. The number of aromatic nitrogens is 2. The zero-order chi connectivity index (χ0) is 13.9. The molecule has 2 aromatic rings. The highest BCUT2D eigenvalue weighted by Gasteiger charge is 2.16. The van der Waals surface area contributed by atoms with E-state index >= 15 is 0 Å². The molecule has 1 aromatic carbocycles. The van der Waals surface area contributed by atoms with Crippen LogP contribution in [-0.2, 0) is 13.6 Å². The predicted molar refractivity (Wildman–Crippen MR) is 82.4 cm³/mol. The monoisotopic (exact) mass is 269 g/mol. The lowest BCUT2D eigenvalue weighted by molar-refractivity contribution is 0.443. The molecule has 0 aliphatic heterocycles. The first-order valence-electron chi connectivity index (χ1n) is 7.61. The Hall–Kier alpha value is -1.61. The highest BCUT2D eigenvalue weighted by molar-refractivity contribution is 5.63. The summed E-state index contributed by atoms with van der Waals surface area (Å²) in [6.45, 7) is 0.535. The summed E-state index contributed by atoms with van der Waals surface area (Å²) in [5, 5.41) is 4.53. The van der Waals surface area contributed by atoms with Gasteiger partial charge in [-0.15, -0.1) is 0 Å². The number of aryl methyl sites for hydroxylation is 1. The zero-order valence-electron chi connectivity index (χ0n) is 12.2. The van der Waals surface area contributed by atoms with Crippen LogP contribution in [0.1, 0.15) is 49.1 Å². The first kappa shape index (κ1) is 13.4. The minimum absolute atomic E-state index is 0.535. The summed E-state index contributed by atoms with van der Waals surface area (Å²) in [5.74, 6) is 0.760. The van der Waals surface area contributed by atoms with Gasteiger partial charge in [0.1, 0.15) is 0 Å². The van der Waals surface area contributed by atoms with Gasteiger partial charge in [0.2, 0.25) is 0 Å². The molecule has 0 bridgehead atoms. The van der Waals surface area contributed by atoms with Gasteiger partial charge in [-0.2, -0.15) is 5.10 Å². The van der Waals surface area contributed by atoms with Crippen LogP contribution in [0.3, 0.4) is 0 Å². The van der Waals surface area contributed by atoms with Crippen LogP contribution in [0.15, 0.2) is 30.5 Å². The summed E-state index contributed by atoms with van der Waals surface area (Å²) < 4.78 is 1.84. The molecule has 106 valence electrons. The van der Waals surface area contributed by atoms with E-state index in [-0.39, 0.29) is 0 Å². The molecule has 1 fully saturated rings. The molecule has 1 heterocycles. The Balaban J connectivity index is 1.85. The van der Waals surface area contributed by atoms with Gasteiger partial charge in [0.15, 0.2) is 0 Å². The second-order valence-corrected chi connectivity index (χ2v) is 5.84. The van der Waals surface area contributed by atoms with Crippen LogP contribution in [-0.4, -0.2) is 9.78 Å². The molecule has 3 rings (SSSR count). The summed E-state index contributed by atoms with van der Waals surface area (Å²) in [5.41, 5.74) is 10.6. The third-order valence-corrected chi connectivity index (χ3v) is 4.39. The summed E-state index contributed by atoms with van der Waals surface area (Å²) in [6.07, 6.45) is 8.86. The van der Waals surface area contributed by atoms with Crippen molar-refractivity contribution in [2.24, 2.45) is 12.8 Å². The highest BCUT2D eigenvalue weighted by atomic mass is 15.3. The van der Waals surface area contributed by atoms with Crippen molar-refractivity contribution in [2.75, 3.05) is 0 Å². The van der Waals surface area contributed by atoms with E-state index in [1.165, 1.54) is 43.2 Å². The highest BCUT2D eigenvalue weighted by Crippen LogP contribution is 2.33. The van der Waals surface area contributed by atoms with E-state index in [1.807, 2.05) is 17.9 Å². The van der Waals surface area contributed by atoms with Gasteiger partial charge in [-0.05, 0) is 24.3 Å². The topological polar surface area (TPSA) is 43.8 Å².